The maximum Gasteiger partial charge on any atom is 0.416 e. The lowest BCUT2D eigenvalue weighted by atomic mass is 9.94. The van der Waals surface area contributed by atoms with E-state index < -0.39 is 40.3 Å². The van der Waals surface area contributed by atoms with Gasteiger partial charge in [0, 0.05) is 23.5 Å². The van der Waals surface area contributed by atoms with Gasteiger partial charge in [0.1, 0.15) is 12.6 Å². The molecule has 7 nitrogen and oxygen atoms in total. The lowest BCUT2D eigenvalue weighted by Gasteiger charge is -2.35. The molecule has 1 fully saturated rings. The van der Waals surface area contributed by atoms with Crippen LogP contribution in [-0.2, 0) is 38.8 Å². The van der Waals surface area contributed by atoms with Crippen LogP contribution in [0.15, 0.2) is 83.3 Å². The number of sulfonamides is 1. The predicted octanol–water partition coefficient (Wildman–Crippen LogP) is 6.32. The van der Waals surface area contributed by atoms with Crippen molar-refractivity contribution < 1.29 is 31.2 Å². The summed E-state index contributed by atoms with van der Waals surface area (Å²) in [5, 5.41) is 3.11. The highest BCUT2D eigenvalue weighted by atomic mass is 79.9. The van der Waals surface area contributed by atoms with E-state index in [1.807, 2.05) is 30.3 Å². The molecule has 1 unspecified atom stereocenters. The average molecular weight is 695 g/mol. The molecule has 2 amide bonds. The van der Waals surface area contributed by atoms with Crippen LogP contribution in [0.3, 0.4) is 0 Å². The van der Waals surface area contributed by atoms with E-state index in [0.29, 0.717) is 15.9 Å². The first kappa shape index (κ1) is 33.5. The van der Waals surface area contributed by atoms with Gasteiger partial charge < -0.3 is 10.2 Å². The van der Waals surface area contributed by atoms with Crippen molar-refractivity contribution >= 4 is 43.5 Å². The molecule has 0 aliphatic heterocycles. The predicted molar refractivity (Wildman–Crippen MR) is 167 cm³/mol. The summed E-state index contributed by atoms with van der Waals surface area (Å²) >= 11 is 3.39. The number of rotatable bonds is 11. The Morgan fingerprint density at radius 2 is 1.59 bits per heavy atom. The van der Waals surface area contributed by atoms with Crippen molar-refractivity contribution in [2.45, 2.75) is 63.3 Å². The van der Waals surface area contributed by atoms with Crippen LogP contribution < -0.4 is 9.62 Å². The van der Waals surface area contributed by atoms with E-state index in [1.165, 1.54) is 11.0 Å². The zero-order valence-corrected chi connectivity index (χ0v) is 26.7. The minimum absolute atomic E-state index is 0.0259. The molecular weight excluding hydrogens is 659 g/mol. The number of nitrogens with zero attached hydrogens (tertiary/aromatic N) is 2. The van der Waals surface area contributed by atoms with Gasteiger partial charge in [-0.2, -0.15) is 13.2 Å². The molecular formula is C32H35BrF3N3O4S. The Kier molecular flexibility index (Phi) is 11.1. The fourth-order valence-corrected chi connectivity index (χ4v) is 6.44. The second kappa shape index (κ2) is 14.6. The lowest BCUT2D eigenvalue weighted by molar-refractivity contribution is -0.140. The Bertz CT molecular complexity index is 1530. The standard InChI is InChI=1S/C32H35BrF3N3O4S/c1-44(42,43)39(28-14-8-11-25(20-28)32(34,35)36)22-30(40)38(21-24-15-17-26(33)18-16-24)29(19-23-9-4-2-5-10-23)31(41)37-27-12-6-3-7-13-27/h2,4-5,8-11,14-18,20,27,29H,3,6-7,12-13,19,21-22H2,1H3,(H,37,41). The van der Waals surface area contributed by atoms with Crippen molar-refractivity contribution in [2.24, 2.45) is 0 Å². The molecule has 3 aromatic carbocycles. The number of halogens is 4. The Balaban J connectivity index is 1.73. The van der Waals surface area contributed by atoms with Crippen LogP contribution in [0, 0.1) is 0 Å². The smallest absolute Gasteiger partial charge is 0.352 e. The Labute approximate surface area is 264 Å². The second-order valence-electron chi connectivity index (χ2n) is 11.0. The second-order valence-corrected chi connectivity index (χ2v) is 13.8. The van der Waals surface area contributed by atoms with Crippen LogP contribution in [0.5, 0.6) is 0 Å². The topological polar surface area (TPSA) is 86.8 Å². The summed E-state index contributed by atoms with van der Waals surface area (Å²) in [6.07, 6.45) is 0.969. The molecule has 1 aliphatic carbocycles. The van der Waals surface area contributed by atoms with Crippen LogP contribution in [-0.4, -0.2) is 50.0 Å². The molecule has 0 spiro atoms. The van der Waals surface area contributed by atoms with E-state index in [2.05, 4.69) is 21.2 Å². The SMILES string of the molecule is CS(=O)(=O)N(CC(=O)N(Cc1ccc(Br)cc1)C(Cc1ccccc1)C(=O)NC1CCCCC1)c1cccc(C(F)(F)F)c1. The third-order valence-corrected chi connectivity index (χ3v) is 9.30. The number of benzene rings is 3. The molecule has 1 aliphatic rings. The summed E-state index contributed by atoms with van der Waals surface area (Å²) in [6.45, 7) is -0.819. The van der Waals surface area contributed by atoms with Crippen LogP contribution >= 0.6 is 15.9 Å². The van der Waals surface area contributed by atoms with Gasteiger partial charge in [0.25, 0.3) is 0 Å². The van der Waals surface area contributed by atoms with Gasteiger partial charge in [-0.05, 0) is 54.3 Å². The number of anilines is 1. The maximum atomic E-state index is 14.2. The molecule has 4 rings (SSSR count). The van der Waals surface area contributed by atoms with Crippen molar-refractivity contribution in [3.8, 4) is 0 Å². The molecule has 0 aromatic heterocycles. The Morgan fingerprint density at radius 1 is 0.932 bits per heavy atom. The number of carbonyl (C=O) groups is 2. The van der Waals surface area contributed by atoms with E-state index >= 15 is 0 Å². The number of carbonyl (C=O) groups excluding carboxylic acids is 2. The molecule has 3 aromatic rings. The molecule has 1 atom stereocenters. The summed E-state index contributed by atoms with van der Waals surface area (Å²) in [5.74, 6) is -1.09. The zero-order valence-electron chi connectivity index (χ0n) is 24.3. The largest absolute Gasteiger partial charge is 0.416 e. The summed E-state index contributed by atoms with van der Waals surface area (Å²) < 4.78 is 67.7. The van der Waals surface area contributed by atoms with Crippen molar-refractivity contribution in [1.29, 1.82) is 0 Å². The van der Waals surface area contributed by atoms with E-state index in [-0.39, 0.29) is 30.6 Å². The average Bonchev–Trinajstić information content (AvgIpc) is 2.98. The van der Waals surface area contributed by atoms with Crippen molar-refractivity contribution in [1.82, 2.24) is 10.2 Å². The van der Waals surface area contributed by atoms with Crippen molar-refractivity contribution in [3.05, 3.63) is 100 Å². The van der Waals surface area contributed by atoms with Crippen LogP contribution in [0.25, 0.3) is 0 Å². The normalized spacial score (nSPS) is 14.9. The quantitative estimate of drug-likeness (QED) is 0.255. The number of amides is 2. The summed E-state index contributed by atoms with van der Waals surface area (Å²) in [5.41, 5.74) is 0.139. The number of hydrogen-bond donors (Lipinski definition) is 1. The summed E-state index contributed by atoms with van der Waals surface area (Å²) in [4.78, 5) is 29.4. The first-order valence-corrected chi connectivity index (χ1v) is 17.0. The van der Waals surface area contributed by atoms with Gasteiger partial charge in [0.15, 0.2) is 0 Å². The van der Waals surface area contributed by atoms with Crippen molar-refractivity contribution in [3.63, 3.8) is 0 Å². The van der Waals surface area contributed by atoms with Crippen LogP contribution in [0.4, 0.5) is 18.9 Å². The highest BCUT2D eigenvalue weighted by Gasteiger charge is 2.35. The van der Waals surface area contributed by atoms with Gasteiger partial charge in [-0.3, -0.25) is 13.9 Å². The number of nitrogens with one attached hydrogen (secondary N) is 1. The van der Waals surface area contributed by atoms with E-state index in [1.54, 1.807) is 24.3 Å². The van der Waals surface area contributed by atoms with Gasteiger partial charge in [0.2, 0.25) is 21.8 Å². The number of hydrogen-bond acceptors (Lipinski definition) is 4. The molecule has 12 heteroatoms. The number of alkyl halides is 3. The fourth-order valence-electron chi connectivity index (χ4n) is 5.34. The molecule has 1 N–H and O–H groups in total. The molecule has 236 valence electrons. The summed E-state index contributed by atoms with van der Waals surface area (Å²) in [7, 11) is -4.20. The van der Waals surface area contributed by atoms with Crippen molar-refractivity contribution in [2.75, 3.05) is 17.1 Å². The first-order valence-electron chi connectivity index (χ1n) is 14.3. The van der Waals surface area contributed by atoms with Gasteiger partial charge in [-0.25, -0.2) is 8.42 Å². The highest BCUT2D eigenvalue weighted by molar-refractivity contribution is 9.10. The minimum Gasteiger partial charge on any atom is -0.352 e. The van der Waals surface area contributed by atoms with E-state index in [0.717, 1.165) is 60.5 Å². The van der Waals surface area contributed by atoms with Gasteiger partial charge in [-0.1, -0.05) is 83.7 Å². The Hall–Kier alpha value is -3.38. The third kappa shape index (κ3) is 9.31. The fraction of sp³-hybridized carbons (Fsp3) is 0.375. The third-order valence-electron chi connectivity index (χ3n) is 7.63. The van der Waals surface area contributed by atoms with Gasteiger partial charge in [-0.15, -0.1) is 0 Å². The molecule has 44 heavy (non-hydrogen) atoms. The van der Waals surface area contributed by atoms with E-state index in [4.69, 9.17) is 0 Å². The molecule has 0 saturated heterocycles. The zero-order chi connectivity index (χ0) is 31.9. The summed E-state index contributed by atoms with van der Waals surface area (Å²) in [6, 6.07) is 19.1. The molecule has 1 saturated carbocycles. The van der Waals surface area contributed by atoms with Gasteiger partial charge >= 0.3 is 6.18 Å². The molecule has 0 bridgehead atoms. The first-order chi connectivity index (χ1) is 20.8. The highest BCUT2D eigenvalue weighted by Crippen LogP contribution is 2.32. The lowest BCUT2D eigenvalue weighted by Crippen LogP contribution is -2.55. The molecule has 0 radical (unpaired) electrons. The maximum absolute atomic E-state index is 14.2. The van der Waals surface area contributed by atoms with Crippen LogP contribution in [0.2, 0.25) is 0 Å². The monoisotopic (exact) mass is 693 g/mol. The molecule has 0 heterocycles. The Morgan fingerprint density at radius 3 is 2.20 bits per heavy atom. The minimum atomic E-state index is -4.71. The van der Waals surface area contributed by atoms with Crippen LogP contribution in [0.1, 0.15) is 48.8 Å². The van der Waals surface area contributed by atoms with E-state index in [9.17, 15) is 31.2 Å². The van der Waals surface area contributed by atoms with Gasteiger partial charge in [0.05, 0.1) is 17.5 Å².